The topological polar surface area (TPSA) is 45.1 Å². The van der Waals surface area contributed by atoms with Crippen LogP contribution in [0, 0.1) is 0 Å². The molecule has 0 saturated heterocycles. The number of urea groups is 1. The molecule has 0 aromatic heterocycles. The summed E-state index contributed by atoms with van der Waals surface area (Å²) < 4.78 is 85.8. The summed E-state index contributed by atoms with van der Waals surface area (Å²) in [6, 6.07) is 15.8. The molecule has 0 saturated carbocycles. The van der Waals surface area contributed by atoms with E-state index in [9.17, 15) is 31.1 Å². The number of hydrogen-bond acceptors (Lipinski definition) is 4. The second-order valence-electron chi connectivity index (χ2n) is 9.34. The van der Waals surface area contributed by atoms with Gasteiger partial charge in [0.25, 0.3) is 0 Å². The van der Waals surface area contributed by atoms with Gasteiger partial charge in [-0.15, -0.1) is 0 Å². The van der Waals surface area contributed by atoms with Gasteiger partial charge in [-0.2, -0.15) is 31.4 Å². The van der Waals surface area contributed by atoms with Crippen LogP contribution in [0.1, 0.15) is 29.2 Å². The van der Waals surface area contributed by atoms with Gasteiger partial charge in [0.2, 0.25) is 0 Å². The number of methoxy groups -OCH3 is 1. The highest BCUT2D eigenvalue weighted by atomic mass is 35.5. The van der Waals surface area contributed by atoms with Gasteiger partial charge >= 0.3 is 18.4 Å². The lowest BCUT2D eigenvalue weighted by molar-refractivity contribution is -0.138. The van der Waals surface area contributed by atoms with Gasteiger partial charge in [-0.25, -0.2) is 14.1 Å². The van der Waals surface area contributed by atoms with Crippen LogP contribution < -0.4 is 4.31 Å². The van der Waals surface area contributed by atoms with Crippen molar-refractivity contribution in [2.75, 3.05) is 30.3 Å². The van der Waals surface area contributed by atoms with Gasteiger partial charge in [0.1, 0.15) is 0 Å². The first-order chi connectivity index (χ1) is 19.3. The minimum atomic E-state index is -4.65. The number of rotatable bonds is 7. The van der Waals surface area contributed by atoms with Crippen LogP contribution >= 0.6 is 23.5 Å². The van der Waals surface area contributed by atoms with E-state index in [2.05, 4.69) is 5.10 Å². The Labute approximate surface area is 241 Å². The van der Waals surface area contributed by atoms with Gasteiger partial charge in [-0.05, 0) is 60.8 Å². The Kier molecular flexibility index (Phi) is 8.95. The second-order valence-corrected chi connectivity index (χ2v) is 10.8. The van der Waals surface area contributed by atoms with Crippen molar-refractivity contribution in [1.82, 2.24) is 5.01 Å². The zero-order valence-electron chi connectivity index (χ0n) is 21.8. The number of anilines is 1. The minimum Gasteiger partial charge on any atom is -0.384 e. The maximum absolute atomic E-state index is 13.9. The van der Waals surface area contributed by atoms with Crippen molar-refractivity contribution in [1.29, 1.82) is 0 Å². The number of carbonyl (C=O) groups is 1. The zero-order valence-corrected chi connectivity index (χ0v) is 23.3. The summed E-state index contributed by atoms with van der Waals surface area (Å²) in [5, 5.41) is 5.19. The van der Waals surface area contributed by atoms with Crippen LogP contribution in [0.15, 0.2) is 77.9 Å². The average Bonchev–Trinajstić information content (AvgIpc) is 3.29. The number of alkyl halides is 6. The van der Waals surface area contributed by atoms with Crippen molar-refractivity contribution in [3.63, 3.8) is 0 Å². The maximum atomic E-state index is 13.9. The van der Waals surface area contributed by atoms with E-state index in [1.165, 1.54) is 35.7 Å². The molecule has 3 aromatic carbocycles. The molecule has 1 aliphatic heterocycles. The van der Waals surface area contributed by atoms with Crippen molar-refractivity contribution in [3.05, 3.63) is 100 Å². The van der Waals surface area contributed by atoms with Crippen LogP contribution in [0.4, 0.5) is 36.8 Å². The number of carbonyl (C=O) groups excluding carboxylic acids is 1. The van der Waals surface area contributed by atoms with E-state index in [0.717, 1.165) is 40.7 Å². The Bertz CT molecular complexity index is 1420. The zero-order chi connectivity index (χ0) is 30.0. The first-order valence-corrected chi connectivity index (χ1v) is 13.5. The molecule has 0 aliphatic carbocycles. The van der Waals surface area contributed by atoms with Crippen molar-refractivity contribution in [2.45, 2.75) is 24.7 Å². The highest BCUT2D eigenvalue weighted by molar-refractivity contribution is 8.01. The van der Waals surface area contributed by atoms with Crippen LogP contribution in [0.2, 0.25) is 5.02 Å². The van der Waals surface area contributed by atoms with Gasteiger partial charge in [-0.1, -0.05) is 48.0 Å². The molecule has 1 heterocycles. The van der Waals surface area contributed by atoms with Crippen LogP contribution in [0.25, 0.3) is 0 Å². The number of ether oxygens (including phenoxy) is 1. The first-order valence-electron chi connectivity index (χ1n) is 12.2. The quantitative estimate of drug-likeness (QED) is 0.153. The third-order valence-corrected chi connectivity index (χ3v) is 7.79. The molecule has 1 aliphatic rings. The Hall–Kier alpha value is -3.22. The number of amides is 2. The number of nitrogens with zero attached hydrogens (tertiary/aromatic N) is 3. The first kappa shape index (κ1) is 30.7. The molecule has 1 atom stereocenters. The molecule has 5 nitrogen and oxygen atoms in total. The summed E-state index contributed by atoms with van der Waals surface area (Å²) in [5.41, 5.74) is -1.29. The third kappa shape index (κ3) is 6.65. The van der Waals surface area contributed by atoms with Crippen molar-refractivity contribution in [3.8, 4) is 0 Å². The Morgan fingerprint density at radius 1 is 1.02 bits per heavy atom. The van der Waals surface area contributed by atoms with Gasteiger partial charge in [0.05, 0.1) is 46.1 Å². The highest BCUT2D eigenvalue weighted by Crippen LogP contribution is 2.40. The fourth-order valence-corrected chi connectivity index (χ4v) is 5.58. The third-order valence-electron chi connectivity index (χ3n) is 6.50. The van der Waals surface area contributed by atoms with E-state index < -0.39 is 39.9 Å². The van der Waals surface area contributed by atoms with Crippen LogP contribution in [-0.4, -0.2) is 42.8 Å². The smallest absolute Gasteiger partial charge is 0.384 e. The van der Waals surface area contributed by atoms with Crippen LogP contribution in [0.3, 0.4) is 0 Å². The molecule has 13 heteroatoms. The maximum Gasteiger partial charge on any atom is 0.417 e. The van der Waals surface area contributed by atoms with Crippen molar-refractivity contribution >= 4 is 41.0 Å². The molecule has 0 radical (unpaired) electrons. The van der Waals surface area contributed by atoms with Gasteiger partial charge in [-0.3, -0.25) is 0 Å². The fraction of sp³-hybridized carbons (Fsp3) is 0.286. The van der Waals surface area contributed by atoms with Crippen LogP contribution in [0.5, 0.6) is 0 Å². The van der Waals surface area contributed by atoms with Crippen molar-refractivity contribution in [2.24, 2.45) is 5.10 Å². The summed E-state index contributed by atoms with van der Waals surface area (Å²) >= 11 is 7.05. The highest BCUT2D eigenvalue weighted by Gasteiger charge is 2.44. The predicted octanol–water partition coefficient (Wildman–Crippen LogP) is 8.28. The lowest BCUT2D eigenvalue weighted by atomic mass is 9.76. The molecule has 0 N–H and O–H groups in total. The number of hydrogen-bond donors (Lipinski definition) is 0. The van der Waals surface area contributed by atoms with Gasteiger partial charge in [0.15, 0.2) is 0 Å². The summed E-state index contributed by atoms with van der Waals surface area (Å²) in [7, 11) is 1.47. The molecule has 3 aromatic rings. The van der Waals surface area contributed by atoms with E-state index in [4.69, 9.17) is 16.3 Å². The van der Waals surface area contributed by atoms with E-state index >= 15 is 0 Å². The number of hydrazone groups is 1. The largest absolute Gasteiger partial charge is 0.417 e. The average molecular weight is 616 g/mol. The molecule has 41 heavy (non-hydrogen) atoms. The van der Waals surface area contributed by atoms with E-state index in [1.807, 2.05) is 12.1 Å². The Balaban J connectivity index is 1.76. The molecular formula is C28H24ClF6N3O2S. The lowest BCUT2D eigenvalue weighted by Gasteiger charge is -2.29. The number of benzene rings is 3. The SMILES string of the molecule is COCCSN(C(=O)N1CC(C)(c2ccccc2)C(c2ccc(C(F)(F)F)c(Cl)c2)=N1)c1ccc(C(F)(F)F)cc1. The van der Waals surface area contributed by atoms with E-state index in [-0.39, 0.29) is 24.4 Å². The normalized spacial score (nSPS) is 17.5. The van der Waals surface area contributed by atoms with Crippen LogP contribution in [-0.2, 0) is 22.5 Å². The monoisotopic (exact) mass is 615 g/mol. The molecule has 2 amide bonds. The number of halogens is 7. The van der Waals surface area contributed by atoms with Gasteiger partial charge in [0, 0.05) is 18.4 Å². The molecule has 0 fully saturated rings. The second kappa shape index (κ2) is 11.9. The molecular weight excluding hydrogens is 592 g/mol. The predicted molar refractivity (Wildman–Crippen MR) is 147 cm³/mol. The Morgan fingerprint density at radius 2 is 1.68 bits per heavy atom. The summed E-state index contributed by atoms with van der Waals surface area (Å²) in [6.07, 6.45) is -9.20. The molecule has 1 unspecified atom stereocenters. The fourth-order valence-electron chi connectivity index (χ4n) is 4.40. The molecule has 0 spiro atoms. The summed E-state index contributed by atoms with van der Waals surface area (Å²) in [4.78, 5) is 13.9. The lowest BCUT2D eigenvalue weighted by Crippen LogP contribution is -2.41. The van der Waals surface area contributed by atoms with Crippen molar-refractivity contribution < 1.29 is 35.9 Å². The molecule has 0 bridgehead atoms. The Morgan fingerprint density at radius 3 is 2.24 bits per heavy atom. The van der Waals surface area contributed by atoms with Gasteiger partial charge < -0.3 is 4.74 Å². The molecule has 218 valence electrons. The standard InChI is InChI=1S/C28H24ClF6N3O2S/c1-26(19-6-4-3-5-7-19)17-37(36-24(26)18-8-13-22(23(29)16-18)28(33,34)35)25(39)38(41-15-14-40-2)21-11-9-20(10-12-21)27(30,31)32/h3-13,16H,14-15,17H2,1-2H3. The summed E-state index contributed by atoms with van der Waals surface area (Å²) in [6.45, 7) is 2.07. The molecule has 4 rings (SSSR count). The minimum absolute atomic E-state index is 0.00575. The van der Waals surface area contributed by atoms with E-state index in [1.54, 1.807) is 25.1 Å². The van der Waals surface area contributed by atoms with E-state index in [0.29, 0.717) is 11.5 Å². The summed E-state index contributed by atoms with van der Waals surface area (Å²) in [5.74, 6) is 0.304.